The summed E-state index contributed by atoms with van der Waals surface area (Å²) in [6.07, 6.45) is 2.41. The van der Waals surface area contributed by atoms with Crippen molar-refractivity contribution < 1.29 is 9.53 Å². The van der Waals surface area contributed by atoms with Crippen LogP contribution in [-0.2, 0) is 11.3 Å². The Morgan fingerprint density at radius 1 is 1.39 bits per heavy atom. The highest BCUT2D eigenvalue weighted by Gasteiger charge is 2.12. The molecule has 1 amide bonds. The van der Waals surface area contributed by atoms with Crippen LogP contribution in [0.25, 0.3) is 0 Å². The van der Waals surface area contributed by atoms with E-state index in [2.05, 4.69) is 5.32 Å². The van der Waals surface area contributed by atoms with E-state index in [9.17, 15) is 4.79 Å². The zero-order chi connectivity index (χ0) is 12.8. The molecule has 1 saturated heterocycles. The molecule has 0 saturated carbocycles. The van der Waals surface area contributed by atoms with Gasteiger partial charge in [0.05, 0.1) is 6.61 Å². The Bertz CT molecular complexity index is 383. The lowest BCUT2D eigenvalue weighted by Gasteiger charge is -2.22. The molecule has 1 fully saturated rings. The fourth-order valence-electron chi connectivity index (χ4n) is 2.18. The number of carbonyl (C=O) groups is 1. The third kappa shape index (κ3) is 3.82. The van der Waals surface area contributed by atoms with Crippen molar-refractivity contribution in [2.45, 2.75) is 19.4 Å². The summed E-state index contributed by atoms with van der Waals surface area (Å²) >= 11 is 0. The van der Waals surface area contributed by atoms with Gasteiger partial charge < -0.3 is 15.8 Å². The van der Waals surface area contributed by atoms with Gasteiger partial charge in [-0.05, 0) is 36.5 Å². The van der Waals surface area contributed by atoms with Gasteiger partial charge in [-0.1, -0.05) is 12.1 Å². The summed E-state index contributed by atoms with van der Waals surface area (Å²) in [5, 5.41) is 3.42. The van der Waals surface area contributed by atoms with Crippen LogP contribution in [0.2, 0.25) is 0 Å². The fourth-order valence-corrected chi connectivity index (χ4v) is 2.18. The van der Waals surface area contributed by atoms with Crippen molar-refractivity contribution in [1.82, 2.24) is 5.32 Å². The predicted octanol–water partition coefficient (Wildman–Crippen LogP) is 1.30. The Hall–Kier alpha value is -1.39. The topological polar surface area (TPSA) is 64.4 Å². The van der Waals surface area contributed by atoms with E-state index in [1.165, 1.54) is 12.8 Å². The van der Waals surface area contributed by atoms with Gasteiger partial charge in [-0.15, -0.1) is 0 Å². The molecule has 1 aromatic carbocycles. The van der Waals surface area contributed by atoms with Crippen LogP contribution in [0.1, 0.15) is 28.8 Å². The molecular weight excluding hydrogens is 228 g/mol. The number of carbonyl (C=O) groups excluding carboxylic acids is 1. The van der Waals surface area contributed by atoms with Crippen molar-refractivity contribution in [3.63, 3.8) is 0 Å². The smallest absolute Gasteiger partial charge is 0.248 e. The van der Waals surface area contributed by atoms with Gasteiger partial charge in [0.2, 0.25) is 5.91 Å². The summed E-state index contributed by atoms with van der Waals surface area (Å²) in [7, 11) is 0. The summed E-state index contributed by atoms with van der Waals surface area (Å²) < 4.78 is 5.44. The van der Waals surface area contributed by atoms with Crippen molar-refractivity contribution in [1.29, 1.82) is 0 Å². The number of rotatable bonds is 5. The number of ether oxygens (including phenoxy) is 1. The summed E-state index contributed by atoms with van der Waals surface area (Å²) in [4.78, 5) is 10.9. The van der Waals surface area contributed by atoms with E-state index in [1.807, 2.05) is 12.1 Å². The van der Waals surface area contributed by atoms with Crippen LogP contribution in [-0.4, -0.2) is 25.7 Å². The highest BCUT2D eigenvalue weighted by Crippen LogP contribution is 2.12. The number of amides is 1. The van der Waals surface area contributed by atoms with Gasteiger partial charge in [-0.3, -0.25) is 4.79 Å². The molecule has 0 aliphatic carbocycles. The van der Waals surface area contributed by atoms with Crippen LogP contribution < -0.4 is 11.1 Å². The lowest BCUT2D eigenvalue weighted by Crippen LogP contribution is -2.28. The monoisotopic (exact) mass is 248 g/mol. The number of nitrogens with two attached hydrogens (primary N) is 1. The molecule has 1 atom stereocenters. The van der Waals surface area contributed by atoms with Crippen LogP contribution in [0.15, 0.2) is 24.3 Å². The minimum Gasteiger partial charge on any atom is -0.381 e. The van der Waals surface area contributed by atoms with E-state index in [0.717, 1.165) is 31.9 Å². The second-order valence-corrected chi connectivity index (χ2v) is 4.78. The van der Waals surface area contributed by atoms with Crippen LogP contribution in [0.4, 0.5) is 0 Å². The average molecular weight is 248 g/mol. The first-order chi connectivity index (χ1) is 8.75. The molecule has 1 unspecified atom stereocenters. The first-order valence-corrected chi connectivity index (χ1v) is 6.43. The van der Waals surface area contributed by atoms with Gasteiger partial charge in [-0.2, -0.15) is 0 Å². The quantitative estimate of drug-likeness (QED) is 0.825. The zero-order valence-electron chi connectivity index (χ0n) is 10.5. The molecule has 1 aromatic rings. The summed E-state index contributed by atoms with van der Waals surface area (Å²) in [6, 6.07) is 7.40. The largest absolute Gasteiger partial charge is 0.381 e. The molecule has 18 heavy (non-hydrogen) atoms. The van der Waals surface area contributed by atoms with Gasteiger partial charge >= 0.3 is 0 Å². The second kappa shape index (κ2) is 6.52. The number of hydrogen-bond donors (Lipinski definition) is 2. The molecule has 1 heterocycles. The molecule has 3 N–H and O–H groups in total. The highest BCUT2D eigenvalue weighted by molar-refractivity contribution is 5.92. The SMILES string of the molecule is NC(=O)c1ccc(CNCC2CCCOC2)cc1. The third-order valence-corrected chi connectivity index (χ3v) is 3.26. The predicted molar refractivity (Wildman–Crippen MR) is 70.2 cm³/mol. The highest BCUT2D eigenvalue weighted by atomic mass is 16.5. The van der Waals surface area contributed by atoms with Crippen molar-refractivity contribution in [3.8, 4) is 0 Å². The Labute approximate surface area is 108 Å². The van der Waals surface area contributed by atoms with Gasteiger partial charge in [0.1, 0.15) is 0 Å². The molecule has 98 valence electrons. The molecule has 0 aromatic heterocycles. The Balaban J connectivity index is 1.74. The minimum atomic E-state index is -0.381. The Morgan fingerprint density at radius 3 is 2.78 bits per heavy atom. The number of nitrogens with one attached hydrogen (secondary N) is 1. The number of primary amides is 1. The standard InChI is InChI=1S/C14H20N2O2/c15-14(17)13-5-3-11(4-6-13)8-16-9-12-2-1-7-18-10-12/h3-6,12,16H,1-2,7-10H2,(H2,15,17). The van der Waals surface area contributed by atoms with Gasteiger partial charge in [0.25, 0.3) is 0 Å². The maximum absolute atomic E-state index is 10.9. The van der Waals surface area contributed by atoms with E-state index in [1.54, 1.807) is 12.1 Å². The molecule has 0 spiro atoms. The summed E-state index contributed by atoms with van der Waals surface area (Å²) in [5.41, 5.74) is 6.91. The second-order valence-electron chi connectivity index (χ2n) is 4.78. The van der Waals surface area contributed by atoms with E-state index in [0.29, 0.717) is 11.5 Å². The maximum atomic E-state index is 10.9. The third-order valence-electron chi connectivity index (χ3n) is 3.26. The normalized spacial score (nSPS) is 19.7. The average Bonchev–Trinajstić information content (AvgIpc) is 2.40. The molecule has 1 aliphatic heterocycles. The zero-order valence-corrected chi connectivity index (χ0v) is 10.5. The lowest BCUT2D eigenvalue weighted by atomic mass is 10.0. The molecule has 0 bridgehead atoms. The summed E-state index contributed by atoms with van der Waals surface area (Å²) in [5.74, 6) is 0.248. The van der Waals surface area contributed by atoms with Crippen molar-refractivity contribution >= 4 is 5.91 Å². The molecule has 1 aliphatic rings. The lowest BCUT2D eigenvalue weighted by molar-refractivity contribution is 0.0547. The summed E-state index contributed by atoms with van der Waals surface area (Å²) in [6.45, 7) is 3.58. The Morgan fingerprint density at radius 2 is 2.17 bits per heavy atom. The van der Waals surface area contributed by atoms with Gasteiger partial charge in [0, 0.05) is 25.3 Å². The van der Waals surface area contributed by atoms with Gasteiger partial charge in [-0.25, -0.2) is 0 Å². The molecule has 0 radical (unpaired) electrons. The van der Waals surface area contributed by atoms with Crippen molar-refractivity contribution in [3.05, 3.63) is 35.4 Å². The number of benzene rings is 1. The number of hydrogen-bond acceptors (Lipinski definition) is 3. The van der Waals surface area contributed by atoms with Crippen LogP contribution in [0.3, 0.4) is 0 Å². The van der Waals surface area contributed by atoms with E-state index in [4.69, 9.17) is 10.5 Å². The fraction of sp³-hybridized carbons (Fsp3) is 0.500. The molecule has 4 heteroatoms. The molecule has 2 rings (SSSR count). The molecular formula is C14H20N2O2. The van der Waals surface area contributed by atoms with Crippen LogP contribution in [0.5, 0.6) is 0 Å². The van der Waals surface area contributed by atoms with Crippen LogP contribution >= 0.6 is 0 Å². The van der Waals surface area contributed by atoms with E-state index in [-0.39, 0.29) is 5.91 Å². The first-order valence-electron chi connectivity index (χ1n) is 6.43. The van der Waals surface area contributed by atoms with Crippen LogP contribution in [0, 0.1) is 5.92 Å². The Kier molecular flexibility index (Phi) is 4.73. The minimum absolute atomic E-state index is 0.381. The first kappa shape index (κ1) is 13.1. The van der Waals surface area contributed by atoms with E-state index < -0.39 is 0 Å². The van der Waals surface area contributed by atoms with Crippen molar-refractivity contribution in [2.24, 2.45) is 11.7 Å². The maximum Gasteiger partial charge on any atom is 0.248 e. The van der Waals surface area contributed by atoms with Crippen molar-refractivity contribution in [2.75, 3.05) is 19.8 Å². The molecule has 4 nitrogen and oxygen atoms in total. The van der Waals surface area contributed by atoms with E-state index >= 15 is 0 Å². The van der Waals surface area contributed by atoms with Gasteiger partial charge in [0.15, 0.2) is 0 Å².